The number of nitrogens with zero attached hydrogens (tertiary/aromatic N) is 2. The topological polar surface area (TPSA) is 84.0 Å². The van der Waals surface area contributed by atoms with E-state index in [1.54, 1.807) is 0 Å². The Morgan fingerprint density at radius 3 is 2.18 bits per heavy atom. The van der Waals surface area contributed by atoms with Gasteiger partial charge in [-0.1, -0.05) is 84.1 Å². The summed E-state index contributed by atoms with van der Waals surface area (Å²) in [4.78, 5) is 24.8. The molecule has 0 aliphatic rings. The van der Waals surface area contributed by atoms with Gasteiger partial charge in [-0.2, -0.15) is 0 Å². The molecule has 0 saturated carbocycles. The lowest BCUT2D eigenvalue weighted by molar-refractivity contribution is -0.122. The number of aryl methyl sites for hydroxylation is 3. The molecule has 2 amide bonds. The van der Waals surface area contributed by atoms with Crippen molar-refractivity contribution in [1.29, 1.82) is 0 Å². The maximum Gasteiger partial charge on any atom is 0.243 e. The highest BCUT2D eigenvalue weighted by molar-refractivity contribution is 8.00. The number of thioether (sulfide) groups is 1. The van der Waals surface area contributed by atoms with Crippen molar-refractivity contribution in [3.05, 3.63) is 83.4 Å². The molecule has 0 aliphatic carbocycles. The first kappa shape index (κ1) is 23.4. The standard InChI is InChI=1S/C27H26N4O2S/c1-17-13-18(2)25(19(3)14-17)29-23(32)15-28-24(33)16-34-27-22-12-8-7-11-21(22)26(30-31-27)20-9-5-4-6-10-20/h4-14H,15-16H2,1-3H3,(H,28,33)(H,29,32). The minimum Gasteiger partial charge on any atom is -0.346 e. The van der Waals surface area contributed by atoms with E-state index in [1.165, 1.54) is 11.8 Å². The van der Waals surface area contributed by atoms with Crippen molar-refractivity contribution >= 4 is 40.0 Å². The molecule has 0 radical (unpaired) electrons. The molecule has 2 N–H and O–H groups in total. The van der Waals surface area contributed by atoms with Crippen molar-refractivity contribution in [3.8, 4) is 11.3 Å². The molecule has 0 spiro atoms. The van der Waals surface area contributed by atoms with Crippen LogP contribution < -0.4 is 10.6 Å². The van der Waals surface area contributed by atoms with E-state index in [0.29, 0.717) is 5.03 Å². The van der Waals surface area contributed by atoms with Gasteiger partial charge in [0.05, 0.1) is 12.3 Å². The van der Waals surface area contributed by atoms with E-state index in [4.69, 9.17) is 0 Å². The van der Waals surface area contributed by atoms with Crippen molar-refractivity contribution in [3.63, 3.8) is 0 Å². The van der Waals surface area contributed by atoms with Gasteiger partial charge in [-0.15, -0.1) is 10.2 Å². The molecule has 7 heteroatoms. The molecule has 4 rings (SSSR count). The summed E-state index contributed by atoms with van der Waals surface area (Å²) < 4.78 is 0. The minimum atomic E-state index is -0.258. The Hall–Kier alpha value is -3.71. The zero-order valence-corrected chi connectivity index (χ0v) is 20.2. The summed E-state index contributed by atoms with van der Waals surface area (Å²) in [6.45, 7) is 5.84. The van der Waals surface area contributed by atoms with Crippen molar-refractivity contribution in [2.45, 2.75) is 25.8 Å². The van der Waals surface area contributed by atoms with Crippen molar-refractivity contribution in [2.24, 2.45) is 0 Å². The summed E-state index contributed by atoms with van der Waals surface area (Å²) in [6.07, 6.45) is 0. The Labute approximate surface area is 203 Å². The molecular formula is C27H26N4O2S. The monoisotopic (exact) mass is 470 g/mol. The summed E-state index contributed by atoms with van der Waals surface area (Å²) in [5.74, 6) is -0.361. The van der Waals surface area contributed by atoms with Crippen LogP contribution in [0.3, 0.4) is 0 Å². The molecule has 0 saturated heterocycles. The summed E-state index contributed by atoms with van der Waals surface area (Å²) in [7, 11) is 0. The van der Waals surface area contributed by atoms with Gasteiger partial charge in [-0.05, 0) is 31.9 Å². The lowest BCUT2D eigenvalue weighted by atomic mass is 10.1. The smallest absolute Gasteiger partial charge is 0.243 e. The second-order valence-electron chi connectivity index (χ2n) is 8.15. The third-order valence-corrected chi connectivity index (χ3v) is 6.41. The minimum absolute atomic E-state index is 0.0917. The fourth-order valence-corrected chi connectivity index (χ4v) is 4.72. The number of amides is 2. The van der Waals surface area contributed by atoms with E-state index in [2.05, 4.69) is 20.8 Å². The van der Waals surface area contributed by atoms with Gasteiger partial charge in [-0.3, -0.25) is 9.59 Å². The number of benzene rings is 3. The number of nitrogens with one attached hydrogen (secondary N) is 2. The zero-order valence-electron chi connectivity index (χ0n) is 19.4. The maximum atomic E-state index is 12.4. The lowest BCUT2D eigenvalue weighted by Gasteiger charge is -2.13. The molecule has 1 aromatic heterocycles. The highest BCUT2D eigenvalue weighted by atomic mass is 32.2. The molecule has 0 unspecified atom stereocenters. The summed E-state index contributed by atoms with van der Waals surface area (Å²) >= 11 is 1.31. The Morgan fingerprint density at radius 1 is 0.824 bits per heavy atom. The van der Waals surface area contributed by atoms with Crippen LogP contribution in [-0.4, -0.2) is 34.3 Å². The second-order valence-corrected chi connectivity index (χ2v) is 9.12. The van der Waals surface area contributed by atoms with E-state index >= 15 is 0 Å². The first-order valence-corrected chi connectivity index (χ1v) is 12.0. The van der Waals surface area contributed by atoms with Crippen LogP contribution in [0.1, 0.15) is 16.7 Å². The zero-order chi connectivity index (χ0) is 24.1. The van der Waals surface area contributed by atoms with Crippen LogP contribution in [0.25, 0.3) is 22.0 Å². The number of rotatable bonds is 7. The molecule has 0 bridgehead atoms. The van der Waals surface area contributed by atoms with E-state index in [1.807, 2.05) is 87.5 Å². The van der Waals surface area contributed by atoms with Crippen LogP contribution in [0.15, 0.2) is 71.8 Å². The molecule has 34 heavy (non-hydrogen) atoms. The summed E-state index contributed by atoms with van der Waals surface area (Å²) in [5.41, 5.74) is 5.73. The lowest BCUT2D eigenvalue weighted by Crippen LogP contribution is -2.34. The number of anilines is 1. The average Bonchev–Trinajstić information content (AvgIpc) is 2.84. The fraction of sp³-hybridized carbons (Fsp3) is 0.185. The van der Waals surface area contributed by atoms with Gasteiger partial charge in [0.2, 0.25) is 11.8 Å². The number of aromatic nitrogens is 2. The second kappa shape index (κ2) is 10.5. The molecule has 0 atom stereocenters. The quantitative estimate of drug-likeness (QED) is 0.369. The summed E-state index contributed by atoms with van der Waals surface area (Å²) in [6, 6.07) is 21.8. The van der Waals surface area contributed by atoms with Crippen LogP contribution in [0, 0.1) is 20.8 Å². The third-order valence-electron chi connectivity index (χ3n) is 5.43. The van der Waals surface area contributed by atoms with Gasteiger partial charge in [-0.25, -0.2) is 0 Å². The van der Waals surface area contributed by atoms with Crippen LogP contribution in [0.5, 0.6) is 0 Å². The van der Waals surface area contributed by atoms with Gasteiger partial charge in [0.1, 0.15) is 10.7 Å². The van der Waals surface area contributed by atoms with Crippen molar-refractivity contribution in [2.75, 3.05) is 17.6 Å². The molecule has 4 aromatic rings. The number of carbonyl (C=O) groups is 2. The Morgan fingerprint density at radius 2 is 1.47 bits per heavy atom. The molecule has 172 valence electrons. The van der Waals surface area contributed by atoms with Gasteiger partial charge in [0, 0.05) is 22.0 Å². The van der Waals surface area contributed by atoms with Crippen LogP contribution in [0.4, 0.5) is 5.69 Å². The maximum absolute atomic E-state index is 12.4. The van der Waals surface area contributed by atoms with Crippen LogP contribution in [0.2, 0.25) is 0 Å². The number of hydrogen-bond donors (Lipinski definition) is 2. The third kappa shape index (κ3) is 5.43. The highest BCUT2D eigenvalue weighted by Crippen LogP contribution is 2.31. The molecule has 6 nitrogen and oxygen atoms in total. The summed E-state index contributed by atoms with van der Waals surface area (Å²) in [5, 5.41) is 17.0. The predicted octanol–water partition coefficient (Wildman–Crippen LogP) is 5.07. The van der Waals surface area contributed by atoms with Gasteiger partial charge in [0.15, 0.2) is 0 Å². The SMILES string of the molecule is Cc1cc(C)c(NC(=O)CNC(=O)CSc2nnc(-c3ccccc3)c3ccccc23)c(C)c1. The average molecular weight is 471 g/mol. The molecule has 0 fully saturated rings. The van der Waals surface area contributed by atoms with E-state index in [9.17, 15) is 9.59 Å². The van der Waals surface area contributed by atoms with Gasteiger partial charge in [0.25, 0.3) is 0 Å². The first-order valence-electron chi connectivity index (χ1n) is 11.0. The normalized spacial score (nSPS) is 10.8. The van der Waals surface area contributed by atoms with Crippen LogP contribution >= 0.6 is 11.8 Å². The largest absolute Gasteiger partial charge is 0.346 e. The van der Waals surface area contributed by atoms with Crippen molar-refractivity contribution in [1.82, 2.24) is 15.5 Å². The van der Waals surface area contributed by atoms with E-state index in [0.717, 1.165) is 44.4 Å². The van der Waals surface area contributed by atoms with Gasteiger partial charge < -0.3 is 10.6 Å². The molecule has 0 aliphatic heterocycles. The molecular weight excluding hydrogens is 444 g/mol. The number of hydrogen-bond acceptors (Lipinski definition) is 5. The van der Waals surface area contributed by atoms with E-state index < -0.39 is 0 Å². The Bertz CT molecular complexity index is 1330. The highest BCUT2D eigenvalue weighted by Gasteiger charge is 2.14. The first-order chi connectivity index (χ1) is 16.4. The number of fused-ring (bicyclic) bond motifs is 1. The van der Waals surface area contributed by atoms with Gasteiger partial charge >= 0.3 is 0 Å². The van der Waals surface area contributed by atoms with Crippen molar-refractivity contribution < 1.29 is 9.59 Å². The Balaban J connectivity index is 1.38. The molecule has 3 aromatic carbocycles. The van der Waals surface area contributed by atoms with E-state index in [-0.39, 0.29) is 24.1 Å². The molecule has 1 heterocycles. The predicted molar refractivity (Wildman–Crippen MR) is 138 cm³/mol. The Kier molecular flexibility index (Phi) is 7.23. The fourth-order valence-electron chi connectivity index (χ4n) is 3.92. The number of carbonyl (C=O) groups excluding carboxylic acids is 2. The van der Waals surface area contributed by atoms with Crippen LogP contribution in [-0.2, 0) is 9.59 Å².